The van der Waals surface area contributed by atoms with Gasteiger partial charge < -0.3 is 20.4 Å². The van der Waals surface area contributed by atoms with E-state index in [0.29, 0.717) is 13.0 Å². The number of carbonyl (C=O) groups is 1. The number of amides is 1. The van der Waals surface area contributed by atoms with Gasteiger partial charge in [0.15, 0.2) is 0 Å². The molecule has 7 heteroatoms. The number of carbonyl (C=O) groups excluding carboxylic acids is 1. The first-order valence-corrected chi connectivity index (χ1v) is 6.79. The van der Waals surface area contributed by atoms with Crippen LogP contribution in [0.25, 0.3) is 0 Å². The van der Waals surface area contributed by atoms with Crippen LogP contribution in [0, 0.1) is 11.6 Å². The zero-order chi connectivity index (χ0) is 15.8. The van der Waals surface area contributed by atoms with Crippen LogP contribution >= 0.6 is 0 Å². The van der Waals surface area contributed by atoms with Crippen LogP contribution in [0.3, 0.4) is 0 Å². The molecule has 0 bridgehead atoms. The Bertz CT molecular complexity index is 454. The van der Waals surface area contributed by atoms with Crippen LogP contribution in [0.4, 0.5) is 14.5 Å². The molecule has 1 aromatic rings. The van der Waals surface area contributed by atoms with E-state index in [-0.39, 0.29) is 37.6 Å². The quantitative estimate of drug-likeness (QED) is 0.675. The van der Waals surface area contributed by atoms with Gasteiger partial charge in [0.05, 0.1) is 13.2 Å². The molecule has 1 amide bonds. The van der Waals surface area contributed by atoms with Crippen molar-refractivity contribution < 1.29 is 23.8 Å². The average Bonchev–Trinajstić information content (AvgIpc) is 2.45. The Kier molecular flexibility index (Phi) is 7.04. The summed E-state index contributed by atoms with van der Waals surface area (Å²) in [4.78, 5) is 13.2. The van der Waals surface area contributed by atoms with Crippen molar-refractivity contribution in [1.82, 2.24) is 4.90 Å². The molecule has 0 atom stereocenters. The van der Waals surface area contributed by atoms with E-state index in [4.69, 9.17) is 10.2 Å². The molecule has 1 aromatic carbocycles. The number of aliphatic hydroxyl groups excluding tert-OH is 2. The van der Waals surface area contributed by atoms with Crippen LogP contribution in [0.2, 0.25) is 0 Å². The summed E-state index contributed by atoms with van der Waals surface area (Å²) in [6.07, 6.45) is 0.709. The Morgan fingerprint density at radius 1 is 1.19 bits per heavy atom. The van der Waals surface area contributed by atoms with Gasteiger partial charge in [0, 0.05) is 25.2 Å². The van der Waals surface area contributed by atoms with Gasteiger partial charge in [-0.15, -0.1) is 0 Å². The van der Waals surface area contributed by atoms with Crippen molar-refractivity contribution >= 4 is 11.6 Å². The summed E-state index contributed by atoms with van der Waals surface area (Å²) in [5.74, 6) is -2.34. The maximum absolute atomic E-state index is 13.9. The van der Waals surface area contributed by atoms with E-state index in [0.717, 1.165) is 17.0 Å². The summed E-state index contributed by atoms with van der Waals surface area (Å²) in [5, 5.41) is 20.4. The third kappa shape index (κ3) is 4.64. The summed E-state index contributed by atoms with van der Waals surface area (Å²) < 4.78 is 27.7. The Hall–Kier alpha value is -1.73. The SMILES string of the molecule is CCCNc1c(F)cc(C(=O)N(CCO)CCO)cc1F. The van der Waals surface area contributed by atoms with E-state index in [2.05, 4.69) is 5.32 Å². The lowest BCUT2D eigenvalue weighted by Gasteiger charge is -2.21. The molecule has 0 aliphatic rings. The van der Waals surface area contributed by atoms with E-state index in [9.17, 15) is 13.6 Å². The van der Waals surface area contributed by atoms with Crippen LogP contribution in [-0.2, 0) is 0 Å². The van der Waals surface area contributed by atoms with Gasteiger partial charge in [-0.2, -0.15) is 0 Å². The number of hydrogen-bond acceptors (Lipinski definition) is 4. The topological polar surface area (TPSA) is 72.8 Å². The van der Waals surface area contributed by atoms with Gasteiger partial charge in [-0.25, -0.2) is 8.78 Å². The molecule has 0 heterocycles. The lowest BCUT2D eigenvalue weighted by molar-refractivity contribution is 0.0684. The van der Waals surface area contributed by atoms with Crippen molar-refractivity contribution in [3.8, 4) is 0 Å². The number of nitrogens with zero attached hydrogens (tertiary/aromatic N) is 1. The Labute approximate surface area is 122 Å². The van der Waals surface area contributed by atoms with Crippen molar-refractivity contribution in [3.63, 3.8) is 0 Å². The molecule has 0 radical (unpaired) electrons. The number of hydrogen-bond donors (Lipinski definition) is 3. The summed E-state index contributed by atoms with van der Waals surface area (Å²) in [6.45, 7) is 1.65. The fourth-order valence-electron chi connectivity index (χ4n) is 1.85. The maximum atomic E-state index is 13.9. The predicted molar refractivity (Wildman–Crippen MR) is 75.2 cm³/mol. The smallest absolute Gasteiger partial charge is 0.254 e. The minimum Gasteiger partial charge on any atom is -0.395 e. The molecule has 0 aliphatic carbocycles. The number of aliphatic hydroxyl groups is 2. The molecule has 0 unspecified atom stereocenters. The number of benzene rings is 1. The minimum absolute atomic E-state index is 0.0154. The zero-order valence-electron chi connectivity index (χ0n) is 11.9. The first kappa shape index (κ1) is 17.3. The summed E-state index contributed by atoms with van der Waals surface area (Å²) in [6, 6.07) is 1.90. The standard InChI is InChI=1S/C14H20F2N2O3/c1-2-3-17-13-11(15)8-10(9-12(13)16)14(21)18(4-6-19)5-7-20/h8-9,17,19-20H,2-7H2,1H3. The predicted octanol–water partition coefficient (Wildman–Crippen LogP) is 1.21. The largest absolute Gasteiger partial charge is 0.395 e. The molecule has 0 fully saturated rings. The van der Waals surface area contributed by atoms with Crippen molar-refractivity contribution in [2.45, 2.75) is 13.3 Å². The first-order chi connectivity index (χ1) is 10.0. The van der Waals surface area contributed by atoms with Crippen molar-refractivity contribution in [1.29, 1.82) is 0 Å². The second-order valence-corrected chi connectivity index (χ2v) is 4.48. The third-order valence-electron chi connectivity index (χ3n) is 2.87. The van der Waals surface area contributed by atoms with E-state index in [1.54, 1.807) is 0 Å². The van der Waals surface area contributed by atoms with Crippen LogP contribution < -0.4 is 5.32 Å². The third-order valence-corrected chi connectivity index (χ3v) is 2.87. The fourth-order valence-corrected chi connectivity index (χ4v) is 1.85. The first-order valence-electron chi connectivity index (χ1n) is 6.79. The molecule has 1 rings (SSSR count). The van der Waals surface area contributed by atoms with Crippen molar-refractivity contribution in [2.75, 3.05) is 38.2 Å². The Morgan fingerprint density at radius 3 is 2.14 bits per heavy atom. The Balaban J connectivity index is 2.99. The van der Waals surface area contributed by atoms with E-state index in [1.165, 1.54) is 0 Å². The normalized spacial score (nSPS) is 10.5. The van der Waals surface area contributed by atoms with Gasteiger partial charge in [0.1, 0.15) is 17.3 Å². The average molecular weight is 302 g/mol. The molecular formula is C14H20F2N2O3. The van der Waals surface area contributed by atoms with Crippen LogP contribution in [0.15, 0.2) is 12.1 Å². The molecule has 0 saturated heterocycles. The molecule has 21 heavy (non-hydrogen) atoms. The molecule has 3 N–H and O–H groups in total. The lowest BCUT2D eigenvalue weighted by Crippen LogP contribution is -2.36. The number of rotatable bonds is 8. The highest BCUT2D eigenvalue weighted by atomic mass is 19.1. The maximum Gasteiger partial charge on any atom is 0.254 e. The molecule has 0 spiro atoms. The molecule has 0 aliphatic heterocycles. The van der Waals surface area contributed by atoms with Gasteiger partial charge in [-0.1, -0.05) is 6.92 Å². The van der Waals surface area contributed by atoms with Gasteiger partial charge >= 0.3 is 0 Å². The van der Waals surface area contributed by atoms with Crippen LogP contribution in [-0.4, -0.2) is 53.9 Å². The second-order valence-electron chi connectivity index (χ2n) is 4.48. The Morgan fingerprint density at radius 2 is 1.71 bits per heavy atom. The van der Waals surface area contributed by atoms with Gasteiger partial charge in [0.25, 0.3) is 5.91 Å². The molecule has 0 aromatic heterocycles. The van der Waals surface area contributed by atoms with E-state index < -0.39 is 17.5 Å². The molecular weight excluding hydrogens is 282 g/mol. The second kappa shape index (κ2) is 8.53. The fraction of sp³-hybridized carbons (Fsp3) is 0.500. The number of nitrogens with one attached hydrogen (secondary N) is 1. The van der Waals surface area contributed by atoms with Gasteiger partial charge in [-0.3, -0.25) is 4.79 Å². The zero-order valence-corrected chi connectivity index (χ0v) is 11.9. The highest BCUT2D eigenvalue weighted by molar-refractivity contribution is 5.94. The number of anilines is 1. The molecule has 5 nitrogen and oxygen atoms in total. The minimum atomic E-state index is -0.847. The lowest BCUT2D eigenvalue weighted by atomic mass is 10.1. The van der Waals surface area contributed by atoms with E-state index in [1.807, 2.05) is 6.92 Å². The monoisotopic (exact) mass is 302 g/mol. The van der Waals surface area contributed by atoms with Gasteiger partial charge in [0.2, 0.25) is 0 Å². The van der Waals surface area contributed by atoms with Crippen LogP contribution in [0.5, 0.6) is 0 Å². The van der Waals surface area contributed by atoms with Crippen LogP contribution in [0.1, 0.15) is 23.7 Å². The summed E-state index contributed by atoms with van der Waals surface area (Å²) in [7, 11) is 0. The summed E-state index contributed by atoms with van der Waals surface area (Å²) in [5.41, 5.74) is -0.418. The van der Waals surface area contributed by atoms with Gasteiger partial charge in [-0.05, 0) is 18.6 Å². The highest BCUT2D eigenvalue weighted by Crippen LogP contribution is 2.21. The highest BCUT2D eigenvalue weighted by Gasteiger charge is 2.19. The van der Waals surface area contributed by atoms with E-state index >= 15 is 0 Å². The van der Waals surface area contributed by atoms with Crippen molar-refractivity contribution in [2.24, 2.45) is 0 Å². The number of halogens is 2. The van der Waals surface area contributed by atoms with Crippen molar-refractivity contribution in [3.05, 3.63) is 29.3 Å². The summed E-state index contributed by atoms with van der Waals surface area (Å²) >= 11 is 0. The molecule has 0 saturated carbocycles. The molecule has 118 valence electrons.